The predicted octanol–water partition coefficient (Wildman–Crippen LogP) is 4.76. The Bertz CT molecular complexity index is 1110. The van der Waals surface area contributed by atoms with Gasteiger partial charge in [0, 0.05) is 24.8 Å². The van der Waals surface area contributed by atoms with Crippen LogP contribution in [0.1, 0.15) is 52.5 Å². The molecule has 1 N–H and O–H groups in total. The van der Waals surface area contributed by atoms with Crippen LogP contribution in [0.5, 0.6) is 11.5 Å². The standard InChI is InChI=1S/C27H25NO3/c29-26(12-10-17-9-11-24-25(13-17)31-16-30-24)28-15-18-14-23-19-5-1-3-7-21(19)27(18)22-8-4-2-6-20(22)23/h1-9,11,13,18,23,27H,10,12,14-16H2,(H,28,29). The maximum absolute atomic E-state index is 12.6. The second kappa shape index (κ2) is 7.45. The summed E-state index contributed by atoms with van der Waals surface area (Å²) in [6.07, 6.45) is 2.28. The minimum absolute atomic E-state index is 0.112. The van der Waals surface area contributed by atoms with Gasteiger partial charge in [0.05, 0.1) is 0 Å². The van der Waals surface area contributed by atoms with E-state index >= 15 is 0 Å². The van der Waals surface area contributed by atoms with Crippen molar-refractivity contribution in [3.05, 3.63) is 94.5 Å². The summed E-state index contributed by atoms with van der Waals surface area (Å²) in [6, 6.07) is 23.6. The number of carbonyl (C=O) groups excluding carboxylic acids is 1. The minimum atomic E-state index is 0.112. The molecule has 0 fully saturated rings. The number of carbonyl (C=O) groups is 1. The summed E-state index contributed by atoms with van der Waals surface area (Å²) in [5.74, 6) is 2.90. The van der Waals surface area contributed by atoms with E-state index in [2.05, 4.69) is 53.8 Å². The fraction of sp³-hybridized carbons (Fsp3) is 0.296. The van der Waals surface area contributed by atoms with E-state index in [-0.39, 0.29) is 12.7 Å². The predicted molar refractivity (Wildman–Crippen MR) is 119 cm³/mol. The molecular weight excluding hydrogens is 386 g/mol. The van der Waals surface area contributed by atoms with Gasteiger partial charge in [-0.2, -0.15) is 0 Å². The SMILES string of the molecule is O=C(CCc1ccc2c(c1)OCO2)NCC1CC2c3ccccc3C1c1ccccc12. The lowest BCUT2D eigenvalue weighted by atomic mass is 9.59. The van der Waals surface area contributed by atoms with Crippen LogP contribution < -0.4 is 14.8 Å². The average Bonchev–Trinajstić information content (AvgIpc) is 3.29. The molecule has 0 saturated carbocycles. The van der Waals surface area contributed by atoms with E-state index in [9.17, 15) is 4.79 Å². The maximum Gasteiger partial charge on any atom is 0.231 e. The maximum atomic E-state index is 12.6. The van der Waals surface area contributed by atoms with Gasteiger partial charge in [0.25, 0.3) is 0 Å². The summed E-state index contributed by atoms with van der Waals surface area (Å²) in [6.45, 7) is 0.999. The van der Waals surface area contributed by atoms with Crippen LogP contribution in [0.2, 0.25) is 0 Å². The van der Waals surface area contributed by atoms with Gasteiger partial charge in [-0.3, -0.25) is 4.79 Å². The molecule has 3 aromatic rings. The molecule has 31 heavy (non-hydrogen) atoms. The van der Waals surface area contributed by atoms with Gasteiger partial charge in [-0.15, -0.1) is 0 Å². The van der Waals surface area contributed by atoms with Crippen molar-refractivity contribution in [1.29, 1.82) is 0 Å². The molecule has 1 atom stereocenters. The summed E-state index contributed by atoms with van der Waals surface area (Å²) in [5, 5.41) is 3.23. The molecule has 0 saturated heterocycles. The first kappa shape index (κ1) is 18.5. The lowest BCUT2D eigenvalue weighted by Crippen LogP contribution is -2.39. The van der Waals surface area contributed by atoms with Crippen molar-refractivity contribution in [2.24, 2.45) is 5.92 Å². The molecular formula is C27H25NO3. The van der Waals surface area contributed by atoms with E-state index in [1.165, 1.54) is 22.3 Å². The lowest BCUT2D eigenvalue weighted by Gasteiger charge is -2.45. The zero-order valence-corrected chi connectivity index (χ0v) is 17.3. The van der Waals surface area contributed by atoms with Crippen molar-refractivity contribution in [2.45, 2.75) is 31.1 Å². The summed E-state index contributed by atoms with van der Waals surface area (Å²) in [7, 11) is 0. The fourth-order valence-electron chi connectivity index (χ4n) is 5.65. The van der Waals surface area contributed by atoms with Crippen LogP contribution >= 0.6 is 0 Å². The Morgan fingerprint density at radius 1 is 0.871 bits per heavy atom. The molecule has 2 bridgehead atoms. The Labute approximate surface area is 182 Å². The highest BCUT2D eigenvalue weighted by Gasteiger charge is 2.42. The Kier molecular flexibility index (Phi) is 4.45. The largest absolute Gasteiger partial charge is 0.454 e. The van der Waals surface area contributed by atoms with Crippen LogP contribution in [0.25, 0.3) is 0 Å². The first-order valence-corrected chi connectivity index (χ1v) is 11.1. The summed E-state index contributed by atoms with van der Waals surface area (Å²) < 4.78 is 10.8. The van der Waals surface area contributed by atoms with Crippen molar-refractivity contribution in [3.8, 4) is 11.5 Å². The Hall–Kier alpha value is -3.27. The number of ether oxygens (including phenoxy) is 2. The Morgan fingerprint density at radius 3 is 2.29 bits per heavy atom. The molecule has 4 nitrogen and oxygen atoms in total. The van der Waals surface area contributed by atoms with E-state index < -0.39 is 0 Å². The monoisotopic (exact) mass is 411 g/mol. The topological polar surface area (TPSA) is 47.6 Å². The number of hydrogen-bond donors (Lipinski definition) is 1. The number of rotatable bonds is 5. The highest BCUT2D eigenvalue weighted by molar-refractivity contribution is 5.76. The van der Waals surface area contributed by atoms with Crippen LogP contribution in [0.15, 0.2) is 66.7 Å². The molecule has 1 heterocycles. The van der Waals surface area contributed by atoms with Gasteiger partial charge in [-0.1, -0.05) is 54.6 Å². The van der Waals surface area contributed by atoms with Crippen LogP contribution in [-0.2, 0) is 11.2 Å². The van der Waals surface area contributed by atoms with Crippen molar-refractivity contribution in [2.75, 3.05) is 13.3 Å². The van der Waals surface area contributed by atoms with Crippen LogP contribution in [0.3, 0.4) is 0 Å². The van der Waals surface area contributed by atoms with Gasteiger partial charge in [0.2, 0.25) is 12.7 Å². The van der Waals surface area contributed by atoms with Crippen LogP contribution in [0, 0.1) is 5.92 Å². The molecule has 0 radical (unpaired) electrons. The molecule has 0 spiro atoms. The number of aryl methyl sites for hydroxylation is 1. The fourth-order valence-corrected chi connectivity index (χ4v) is 5.65. The van der Waals surface area contributed by atoms with Gasteiger partial charge in [-0.25, -0.2) is 0 Å². The molecule has 1 unspecified atom stereocenters. The van der Waals surface area contributed by atoms with Crippen molar-refractivity contribution in [3.63, 3.8) is 0 Å². The van der Waals surface area contributed by atoms with Crippen LogP contribution in [-0.4, -0.2) is 19.2 Å². The molecule has 0 aromatic heterocycles. The second-order valence-electron chi connectivity index (χ2n) is 8.78. The van der Waals surface area contributed by atoms with Crippen molar-refractivity contribution < 1.29 is 14.3 Å². The smallest absolute Gasteiger partial charge is 0.231 e. The molecule has 1 amide bonds. The zero-order valence-electron chi connectivity index (χ0n) is 17.3. The van der Waals surface area contributed by atoms with Gasteiger partial charge < -0.3 is 14.8 Å². The van der Waals surface area contributed by atoms with Crippen LogP contribution in [0.4, 0.5) is 0 Å². The number of nitrogens with one attached hydrogen (secondary N) is 1. The van der Waals surface area contributed by atoms with Gasteiger partial charge >= 0.3 is 0 Å². The van der Waals surface area contributed by atoms with E-state index in [0.717, 1.165) is 30.0 Å². The van der Waals surface area contributed by atoms with E-state index in [1.807, 2.05) is 18.2 Å². The molecule has 156 valence electrons. The van der Waals surface area contributed by atoms with Gasteiger partial charge in [0.15, 0.2) is 11.5 Å². The number of hydrogen-bond acceptors (Lipinski definition) is 3. The number of benzene rings is 3. The molecule has 7 rings (SSSR count). The van der Waals surface area contributed by atoms with E-state index in [0.29, 0.717) is 30.6 Å². The first-order valence-electron chi connectivity index (χ1n) is 11.1. The highest BCUT2D eigenvalue weighted by atomic mass is 16.7. The molecule has 3 aromatic carbocycles. The van der Waals surface area contributed by atoms with Gasteiger partial charge in [-0.05, 0) is 58.7 Å². The van der Waals surface area contributed by atoms with Crippen molar-refractivity contribution in [1.82, 2.24) is 5.32 Å². The first-order chi connectivity index (χ1) is 15.3. The molecule has 1 aliphatic heterocycles. The average molecular weight is 412 g/mol. The summed E-state index contributed by atoms with van der Waals surface area (Å²) >= 11 is 0. The zero-order chi connectivity index (χ0) is 20.8. The molecule has 4 aliphatic rings. The lowest BCUT2D eigenvalue weighted by molar-refractivity contribution is -0.121. The van der Waals surface area contributed by atoms with E-state index in [1.54, 1.807) is 0 Å². The van der Waals surface area contributed by atoms with Crippen molar-refractivity contribution >= 4 is 5.91 Å². The number of fused-ring (bicyclic) bond motifs is 2. The third-order valence-electron chi connectivity index (χ3n) is 7.06. The third-order valence-corrected chi connectivity index (χ3v) is 7.06. The summed E-state index contributed by atoms with van der Waals surface area (Å²) in [4.78, 5) is 12.6. The Morgan fingerprint density at radius 2 is 1.55 bits per heavy atom. The molecule has 3 aliphatic carbocycles. The molecule has 4 heteroatoms. The Balaban J connectivity index is 1.13. The minimum Gasteiger partial charge on any atom is -0.454 e. The summed E-state index contributed by atoms with van der Waals surface area (Å²) in [5.41, 5.74) is 6.92. The quantitative estimate of drug-likeness (QED) is 0.658. The number of amides is 1. The normalized spacial score (nSPS) is 22.0. The van der Waals surface area contributed by atoms with Gasteiger partial charge in [0.1, 0.15) is 0 Å². The van der Waals surface area contributed by atoms with E-state index in [4.69, 9.17) is 9.47 Å². The highest BCUT2D eigenvalue weighted by Crippen LogP contribution is 2.55. The second-order valence-corrected chi connectivity index (χ2v) is 8.78. The third kappa shape index (κ3) is 3.18.